The van der Waals surface area contributed by atoms with Gasteiger partial charge in [-0.3, -0.25) is 14.6 Å². The summed E-state index contributed by atoms with van der Waals surface area (Å²) in [5.74, 6) is -0.000363. The number of hydrogen-bond donors (Lipinski definition) is 2. The summed E-state index contributed by atoms with van der Waals surface area (Å²) in [4.78, 5) is 26.7. The van der Waals surface area contributed by atoms with Gasteiger partial charge in [0.25, 0.3) is 0 Å². The minimum absolute atomic E-state index is 0. The van der Waals surface area contributed by atoms with Crippen LogP contribution in [0.15, 0.2) is 103 Å². The van der Waals surface area contributed by atoms with Crippen LogP contribution in [-0.2, 0) is 26.4 Å². The zero-order valence-corrected chi connectivity index (χ0v) is 15.7. The van der Waals surface area contributed by atoms with E-state index in [9.17, 15) is 9.59 Å². The van der Waals surface area contributed by atoms with Gasteiger partial charge in [-0.15, -0.1) is 0 Å². The molecule has 0 fully saturated rings. The van der Waals surface area contributed by atoms with Gasteiger partial charge in [-0.25, -0.2) is 0 Å². The molecule has 27 heavy (non-hydrogen) atoms. The van der Waals surface area contributed by atoms with Gasteiger partial charge in [-0.2, -0.15) is 0 Å². The SMILES string of the molecule is O=C1C=CC=CC1=CNCCNC=C1C=CC=CC1=O.[Co].c1ccncc1. The first kappa shape index (κ1) is 22.1. The summed E-state index contributed by atoms with van der Waals surface area (Å²) >= 11 is 0. The van der Waals surface area contributed by atoms with E-state index in [1.54, 1.807) is 49.1 Å². The molecule has 2 aliphatic carbocycles. The number of aromatic nitrogens is 1. The minimum Gasteiger partial charge on any atom is -0.389 e. The van der Waals surface area contributed by atoms with Crippen LogP contribution in [0.4, 0.5) is 0 Å². The Morgan fingerprint density at radius 2 is 1.15 bits per heavy atom. The average molecular weight is 406 g/mol. The first-order valence-electron chi connectivity index (χ1n) is 8.27. The second kappa shape index (κ2) is 13.3. The average Bonchev–Trinajstić information content (AvgIpc) is 2.69. The molecule has 0 bridgehead atoms. The maximum Gasteiger partial charge on any atom is 0.187 e. The Hall–Kier alpha value is -2.96. The van der Waals surface area contributed by atoms with Crippen LogP contribution in [-0.4, -0.2) is 29.6 Å². The molecule has 0 atom stereocenters. The molecule has 0 unspecified atom stereocenters. The van der Waals surface area contributed by atoms with E-state index in [0.29, 0.717) is 24.2 Å². The van der Waals surface area contributed by atoms with E-state index >= 15 is 0 Å². The van der Waals surface area contributed by atoms with Crippen molar-refractivity contribution in [2.75, 3.05) is 13.1 Å². The van der Waals surface area contributed by atoms with E-state index in [-0.39, 0.29) is 28.3 Å². The summed E-state index contributed by atoms with van der Waals surface area (Å²) in [5, 5.41) is 6.12. The number of nitrogens with one attached hydrogen (secondary N) is 2. The Labute approximate surface area is 169 Å². The van der Waals surface area contributed by atoms with Crippen LogP contribution in [0.2, 0.25) is 0 Å². The molecular formula is C21H21CoN3O2. The third kappa shape index (κ3) is 8.80. The standard InChI is InChI=1S/C16H16N2O2.C5H5N.Co/c19-15-7-3-1-5-13(15)11-17-9-10-18-12-14-6-2-4-8-16(14)20;1-2-4-6-5-3-1;/h1-8,11-12,17-18H,9-10H2;1-5H;. The quantitative estimate of drug-likeness (QED) is 0.581. The fraction of sp³-hybridized carbons (Fsp3) is 0.0952. The maximum absolute atomic E-state index is 11.4. The summed E-state index contributed by atoms with van der Waals surface area (Å²) in [7, 11) is 0. The fourth-order valence-corrected chi connectivity index (χ4v) is 2.02. The van der Waals surface area contributed by atoms with Gasteiger partial charge < -0.3 is 10.6 Å². The molecule has 1 aromatic heterocycles. The monoisotopic (exact) mass is 406 g/mol. The molecule has 0 saturated carbocycles. The number of nitrogens with zero attached hydrogens (tertiary/aromatic N) is 1. The van der Waals surface area contributed by atoms with Gasteiger partial charge in [0, 0.05) is 65.8 Å². The molecule has 0 aliphatic heterocycles. The molecule has 6 heteroatoms. The Balaban J connectivity index is 0.000000444. The predicted molar refractivity (Wildman–Crippen MR) is 103 cm³/mol. The van der Waals surface area contributed by atoms with Crippen LogP contribution in [0.1, 0.15) is 0 Å². The van der Waals surface area contributed by atoms with Crippen molar-refractivity contribution in [1.82, 2.24) is 15.6 Å². The Morgan fingerprint density at radius 3 is 1.48 bits per heavy atom. The molecule has 0 aromatic carbocycles. The van der Waals surface area contributed by atoms with Crippen molar-refractivity contribution in [2.45, 2.75) is 0 Å². The third-order valence-electron chi connectivity index (χ3n) is 3.33. The Morgan fingerprint density at radius 1 is 0.704 bits per heavy atom. The van der Waals surface area contributed by atoms with Crippen LogP contribution < -0.4 is 10.6 Å². The molecule has 0 amide bonds. The van der Waals surface area contributed by atoms with Gasteiger partial charge in [0.1, 0.15) is 0 Å². The van der Waals surface area contributed by atoms with E-state index in [2.05, 4.69) is 15.6 Å². The van der Waals surface area contributed by atoms with E-state index in [1.165, 1.54) is 12.2 Å². The zero-order chi connectivity index (χ0) is 18.5. The fourth-order valence-electron chi connectivity index (χ4n) is 2.02. The van der Waals surface area contributed by atoms with Crippen LogP contribution in [0.25, 0.3) is 0 Å². The third-order valence-corrected chi connectivity index (χ3v) is 3.33. The van der Waals surface area contributed by atoms with Crippen LogP contribution in [0.3, 0.4) is 0 Å². The molecule has 1 radical (unpaired) electrons. The van der Waals surface area contributed by atoms with Crippen molar-refractivity contribution in [3.8, 4) is 0 Å². The van der Waals surface area contributed by atoms with E-state index in [4.69, 9.17) is 0 Å². The number of rotatable bonds is 5. The van der Waals surface area contributed by atoms with Gasteiger partial charge in [0.2, 0.25) is 0 Å². The molecule has 1 heterocycles. The number of allylic oxidation sites excluding steroid dienone is 10. The molecule has 1 aromatic rings. The second-order valence-corrected chi connectivity index (χ2v) is 5.30. The van der Waals surface area contributed by atoms with Crippen molar-refractivity contribution >= 4 is 11.6 Å². The van der Waals surface area contributed by atoms with E-state index in [1.807, 2.05) is 30.4 Å². The molecule has 2 aliphatic rings. The van der Waals surface area contributed by atoms with Gasteiger partial charge in [0.05, 0.1) is 0 Å². The van der Waals surface area contributed by atoms with Crippen LogP contribution >= 0.6 is 0 Å². The first-order valence-corrected chi connectivity index (χ1v) is 8.27. The number of ketones is 2. The molecule has 0 saturated heterocycles. The maximum atomic E-state index is 11.4. The number of hydrogen-bond acceptors (Lipinski definition) is 5. The van der Waals surface area contributed by atoms with Crippen LogP contribution in [0, 0.1) is 0 Å². The Bertz CT molecular complexity index is 712. The zero-order valence-electron chi connectivity index (χ0n) is 14.7. The van der Waals surface area contributed by atoms with Crippen molar-refractivity contribution < 1.29 is 26.4 Å². The molecule has 2 N–H and O–H groups in total. The smallest absolute Gasteiger partial charge is 0.187 e. The minimum atomic E-state index is -0.000182. The van der Waals surface area contributed by atoms with Gasteiger partial charge >= 0.3 is 0 Å². The second-order valence-electron chi connectivity index (χ2n) is 5.30. The number of pyridine rings is 1. The summed E-state index contributed by atoms with van der Waals surface area (Å²) < 4.78 is 0. The number of carbonyl (C=O) groups excluding carboxylic acids is 2. The Kier molecular flexibility index (Phi) is 10.8. The van der Waals surface area contributed by atoms with Crippen molar-refractivity contribution in [3.63, 3.8) is 0 Å². The molecule has 5 nitrogen and oxygen atoms in total. The van der Waals surface area contributed by atoms with Crippen molar-refractivity contribution in [3.05, 3.63) is 103 Å². The molecule has 3 rings (SSSR count). The normalized spacial score (nSPS) is 17.3. The predicted octanol–water partition coefficient (Wildman–Crippen LogP) is 2.40. The molecule has 0 spiro atoms. The molecule has 141 valence electrons. The van der Waals surface area contributed by atoms with E-state index in [0.717, 1.165) is 0 Å². The first-order chi connectivity index (χ1) is 12.8. The summed E-state index contributed by atoms with van der Waals surface area (Å²) in [6.07, 6.45) is 20.6. The van der Waals surface area contributed by atoms with Crippen LogP contribution in [0.5, 0.6) is 0 Å². The van der Waals surface area contributed by atoms with Gasteiger partial charge in [-0.1, -0.05) is 30.4 Å². The van der Waals surface area contributed by atoms with Gasteiger partial charge in [0.15, 0.2) is 11.6 Å². The number of carbonyl (C=O) groups is 2. The summed E-state index contributed by atoms with van der Waals surface area (Å²) in [5.41, 5.74) is 1.28. The van der Waals surface area contributed by atoms with E-state index < -0.39 is 0 Å². The summed E-state index contributed by atoms with van der Waals surface area (Å²) in [6.45, 7) is 1.32. The molecular weight excluding hydrogens is 385 g/mol. The largest absolute Gasteiger partial charge is 0.389 e. The summed E-state index contributed by atoms with van der Waals surface area (Å²) in [6, 6.07) is 5.72. The van der Waals surface area contributed by atoms with Crippen molar-refractivity contribution in [2.24, 2.45) is 0 Å². The topological polar surface area (TPSA) is 71.1 Å². The van der Waals surface area contributed by atoms with Gasteiger partial charge in [-0.05, 0) is 36.4 Å². The van der Waals surface area contributed by atoms with Crippen molar-refractivity contribution in [1.29, 1.82) is 0 Å².